The van der Waals surface area contributed by atoms with Gasteiger partial charge in [0.15, 0.2) is 0 Å². The lowest BCUT2D eigenvalue weighted by molar-refractivity contribution is -0.141. The second-order valence-electron chi connectivity index (χ2n) is 4.02. The van der Waals surface area contributed by atoms with E-state index in [4.69, 9.17) is 10.00 Å². The Morgan fingerprint density at radius 3 is 3.06 bits per heavy atom. The summed E-state index contributed by atoms with van der Waals surface area (Å²) in [4.78, 5) is 21.6. The van der Waals surface area contributed by atoms with Crippen LogP contribution in [-0.2, 0) is 9.53 Å². The van der Waals surface area contributed by atoms with Gasteiger partial charge in [-0.2, -0.15) is 5.26 Å². The van der Waals surface area contributed by atoms with Crippen molar-refractivity contribution in [1.82, 2.24) is 9.97 Å². The van der Waals surface area contributed by atoms with Gasteiger partial charge in [-0.1, -0.05) is 0 Å². The van der Waals surface area contributed by atoms with Crippen molar-refractivity contribution in [1.29, 1.82) is 5.26 Å². The molecule has 1 aromatic rings. The van der Waals surface area contributed by atoms with E-state index in [0.717, 1.165) is 12.8 Å². The van der Waals surface area contributed by atoms with Crippen LogP contribution >= 0.6 is 0 Å². The van der Waals surface area contributed by atoms with Gasteiger partial charge in [-0.25, -0.2) is 9.97 Å². The monoisotopic (exact) mass is 246 g/mol. The summed E-state index contributed by atoms with van der Waals surface area (Å²) in [6.45, 7) is 2.26. The zero-order valence-electron chi connectivity index (χ0n) is 10.2. The highest BCUT2D eigenvalue weighted by Crippen LogP contribution is 2.29. The minimum atomic E-state index is -0.296. The summed E-state index contributed by atoms with van der Waals surface area (Å²) in [5.74, 6) is 0.125. The average Bonchev–Trinajstić information content (AvgIpc) is 3.20. The lowest BCUT2D eigenvalue weighted by Gasteiger charge is -2.20. The van der Waals surface area contributed by atoms with E-state index in [1.165, 1.54) is 6.20 Å². The predicted octanol–water partition coefficient (Wildman–Crippen LogP) is 0.880. The SMILES string of the molecule is CCOC(=O)CN(c1nccc(C#N)n1)C1CC1. The van der Waals surface area contributed by atoms with Gasteiger partial charge in [-0.3, -0.25) is 4.79 Å². The molecule has 0 aliphatic heterocycles. The third-order valence-electron chi connectivity index (χ3n) is 2.61. The van der Waals surface area contributed by atoms with Crippen molar-refractivity contribution < 1.29 is 9.53 Å². The molecular formula is C12H14N4O2. The van der Waals surface area contributed by atoms with Crippen molar-refractivity contribution in [2.45, 2.75) is 25.8 Å². The van der Waals surface area contributed by atoms with Gasteiger partial charge in [0.2, 0.25) is 5.95 Å². The molecule has 6 heteroatoms. The minimum absolute atomic E-state index is 0.132. The molecule has 18 heavy (non-hydrogen) atoms. The fourth-order valence-electron chi connectivity index (χ4n) is 1.64. The molecule has 1 heterocycles. The van der Waals surface area contributed by atoms with Crippen LogP contribution in [0.25, 0.3) is 0 Å². The van der Waals surface area contributed by atoms with Gasteiger partial charge in [-0.05, 0) is 25.8 Å². The van der Waals surface area contributed by atoms with Crippen molar-refractivity contribution in [2.24, 2.45) is 0 Å². The normalized spacial score (nSPS) is 13.8. The number of ether oxygens (including phenoxy) is 1. The van der Waals surface area contributed by atoms with E-state index in [-0.39, 0.29) is 18.6 Å². The Morgan fingerprint density at radius 2 is 2.44 bits per heavy atom. The molecule has 0 bridgehead atoms. The van der Waals surface area contributed by atoms with E-state index in [1.54, 1.807) is 17.9 Å². The van der Waals surface area contributed by atoms with E-state index < -0.39 is 0 Å². The second kappa shape index (κ2) is 5.45. The first-order chi connectivity index (χ1) is 8.74. The summed E-state index contributed by atoms with van der Waals surface area (Å²) in [6, 6.07) is 3.79. The maximum absolute atomic E-state index is 11.5. The summed E-state index contributed by atoms with van der Waals surface area (Å²) in [7, 11) is 0. The van der Waals surface area contributed by atoms with Gasteiger partial charge in [0.1, 0.15) is 18.3 Å². The molecule has 0 aromatic carbocycles. The molecule has 0 N–H and O–H groups in total. The molecule has 94 valence electrons. The summed E-state index contributed by atoms with van der Waals surface area (Å²) in [6.07, 6.45) is 3.56. The zero-order valence-corrected chi connectivity index (χ0v) is 10.2. The van der Waals surface area contributed by atoms with E-state index >= 15 is 0 Å². The number of hydrogen-bond acceptors (Lipinski definition) is 6. The Bertz CT molecular complexity index is 479. The third-order valence-corrected chi connectivity index (χ3v) is 2.61. The molecule has 0 spiro atoms. The highest BCUT2D eigenvalue weighted by Gasteiger charge is 2.32. The van der Waals surface area contributed by atoms with Crippen LogP contribution in [0.5, 0.6) is 0 Å². The summed E-state index contributed by atoms with van der Waals surface area (Å²) < 4.78 is 4.93. The van der Waals surface area contributed by atoms with Crippen molar-refractivity contribution in [3.63, 3.8) is 0 Å². The molecule has 1 saturated carbocycles. The van der Waals surface area contributed by atoms with Crippen molar-refractivity contribution >= 4 is 11.9 Å². The lowest BCUT2D eigenvalue weighted by atomic mass is 10.4. The largest absolute Gasteiger partial charge is 0.465 e. The molecule has 1 aliphatic carbocycles. The molecular weight excluding hydrogens is 232 g/mol. The topological polar surface area (TPSA) is 79.1 Å². The smallest absolute Gasteiger partial charge is 0.325 e. The number of esters is 1. The van der Waals surface area contributed by atoms with E-state index in [2.05, 4.69) is 9.97 Å². The van der Waals surface area contributed by atoms with Gasteiger partial charge < -0.3 is 9.64 Å². The van der Waals surface area contributed by atoms with Crippen LogP contribution in [0.4, 0.5) is 5.95 Å². The van der Waals surface area contributed by atoms with E-state index in [0.29, 0.717) is 18.2 Å². The van der Waals surface area contributed by atoms with Gasteiger partial charge in [0.25, 0.3) is 0 Å². The Balaban J connectivity index is 2.14. The molecule has 0 radical (unpaired) electrons. The number of anilines is 1. The number of hydrogen-bond donors (Lipinski definition) is 0. The Kier molecular flexibility index (Phi) is 3.72. The van der Waals surface area contributed by atoms with Crippen molar-refractivity contribution in [3.8, 4) is 6.07 Å². The number of carbonyl (C=O) groups excluding carboxylic acids is 1. The van der Waals surface area contributed by atoms with Crippen LogP contribution in [0.2, 0.25) is 0 Å². The molecule has 0 amide bonds. The maximum Gasteiger partial charge on any atom is 0.325 e. The lowest BCUT2D eigenvalue weighted by Crippen LogP contribution is -2.34. The van der Waals surface area contributed by atoms with Crippen LogP contribution in [0.1, 0.15) is 25.5 Å². The van der Waals surface area contributed by atoms with Crippen molar-refractivity contribution in [3.05, 3.63) is 18.0 Å². The van der Waals surface area contributed by atoms with Crippen LogP contribution in [0, 0.1) is 11.3 Å². The zero-order chi connectivity index (χ0) is 13.0. The molecule has 0 unspecified atom stereocenters. The van der Waals surface area contributed by atoms with Gasteiger partial charge in [0.05, 0.1) is 6.61 Å². The van der Waals surface area contributed by atoms with Crippen LogP contribution in [0.15, 0.2) is 12.3 Å². The van der Waals surface area contributed by atoms with E-state index in [9.17, 15) is 4.79 Å². The first-order valence-electron chi connectivity index (χ1n) is 5.90. The molecule has 6 nitrogen and oxygen atoms in total. The van der Waals surface area contributed by atoms with Crippen LogP contribution < -0.4 is 4.90 Å². The molecule has 2 rings (SSSR count). The summed E-state index contributed by atoms with van der Waals surface area (Å²) in [5, 5.41) is 8.81. The number of aromatic nitrogens is 2. The standard InChI is InChI=1S/C12H14N4O2/c1-2-18-11(17)8-16(10-3-4-10)12-14-6-5-9(7-13)15-12/h5-6,10H,2-4,8H2,1H3. The summed E-state index contributed by atoms with van der Waals surface area (Å²) in [5.41, 5.74) is 0.300. The summed E-state index contributed by atoms with van der Waals surface area (Å²) >= 11 is 0. The Hall–Kier alpha value is -2.16. The molecule has 1 aliphatic rings. The number of nitriles is 1. The maximum atomic E-state index is 11.5. The average molecular weight is 246 g/mol. The molecule has 1 aromatic heterocycles. The number of rotatable bonds is 5. The highest BCUT2D eigenvalue weighted by molar-refractivity contribution is 5.75. The Morgan fingerprint density at radius 1 is 1.67 bits per heavy atom. The minimum Gasteiger partial charge on any atom is -0.465 e. The third kappa shape index (κ3) is 2.94. The first kappa shape index (κ1) is 12.3. The second-order valence-corrected chi connectivity index (χ2v) is 4.02. The molecule has 0 saturated heterocycles. The quantitative estimate of drug-likeness (QED) is 0.717. The molecule has 1 fully saturated rings. The molecule has 0 atom stereocenters. The first-order valence-corrected chi connectivity index (χ1v) is 5.90. The van der Waals surface area contributed by atoms with E-state index in [1.807, 2.05) is 6.07 Å². The highest BCUT2D eigenvalue weighted by atomic mass is 16.5. The number of carbonyl (C=O) groups is 1. The number of nitrogens with zero attached hydrogens (tertiary/aromatic N) is 4. The van der Waals surface area contributed by atoms with Gasteiger partial charge in [-0.15, -0.1) is 0 Å². The fraction of sp³-hybridized carbons (Fsp3) is 0.500. The van der Waals surface area contributed by atoms with Gasteiger partial charge in [0, 0.05) is 12.2 Å². The fourth-order valence-corrected chi connectivity index (χ4v) is 1.64. The predicted molar refractivity (Wildman–Crippen MR) is 63.7 cm³/mol. The van der Waals surface area contributed by atoms with Gasteiger partial charge >= 0.3 is 5.97 Å². The van der Waals surface area contributed by atoms with Crippen LogP contribution in [0.3, 0.4) is 0 Å². The van der Waals surface area contributed by atoms with Crippen LogP contribution in [-0.4, -0.2) is 35.1 Å². The van der Waals surface area contributed by atoms with Crippen molar-refractivity contribution in [2.75, 3.05) is 18.1 Å². The Labute approximate surface area is 105 Å².